The van der Waals surface area contributed by atoms with E-state index in [0.29, 0.717) is 29.1 Å². The Labute approximate surface area is 157 Å². The molecule has 0 saturated carbocycles. The van der Waals surface area contributed by atoms with Crippen molar-refractivity contribution >= 4 is 23.2 Å². The van der Waals surface area contributed by atoms with Crippen molar-refractivity contribution in [1.82, 2.24) is 10.1 Å². The molecule has 0 saturated heterocycles. The molecule has 0 spiro atoms. The topological polar surface area (TPSA) is 68.0 Å². The molecule has 3 aromatic rings. The van der Waals surface area contributed by atoms with Gasteiger partial charge in [0.25, 0.3) is 0 Å². The number of halogens is 1. The average molecular weight is 370 g/mol. The first-order valence-corrected chi connectivity index (χ1v) is 8.88. The van der Waals surface area contributed by atoms with Crippen molar-refractivity contribution in [3.05, 3.63) is 65.0 Å². The standard InChI is InChI=1S/C20H20ClN3O2/c1-13(2)16-5-3-4-6-17(16)22-18(25)11-12-19-23-20(24-26-19)14-7-9-15(21)10-8-14/h3-10,13H,11-12H2,1-2H3,(H,22,25). The van der Waals surface area contributed by atoms with Crippen molar-refractivity contribution in [2.75, 3.05) is 5.32 Å². The zero-order valence-electron chi connectivity index (χ0n) is 14.7. The third-order valence-corrected chi connectivity index (χ3v) is 4.25. The van der Waals surface area contributed by atoms with E-state index in [-0.39, 0.29) is 12.3 Å². The van der Waals surface area contributed by atoms with Crippen molar-refractivity contribution in [1.29, 1.82) is 0 Å². The quantitative estimate of drug-likeness (QED) is 0.657. The summed E-state index contributed by atoms with van der Waals surface area (Å²) in [5, 5.41) is 7.57. The van der Waals surface area contributed by atoms with Gasteiger partial charge in [-0.3, -0.25) is 4.79 Å². The van der Waals surface area contributed by atoms with Crippen LogP contribution in [0.5, 0.6) is 0 Å². The van der Waals surface area contributed by atoms with Crippen LogP contribution in [0.4, 0.5) is 5.69 Å². The van der Waals surface area contributed by atoms with Crippen molar-refractivity contribution in [2.24, 2.45) is 0 Å². The Hall–Kier alpha value is -2.66. The monoisotopic (exact) mass is 369 g/mol. The van der Waals surface area contributed by atoms with Crippen LogP contribution >= 0.6 is 11.6 Å². The molecular weight excluding hydrogens is 350 g/mol. The molecule has 0 aliphatic carbocycles. The molecule has 0 unspecified atom stereocenters. The summed E-state index contributed by atoms with van der Waals surface area (Å²) in [7, 11) is 0. The van der Waals surface area contributed by atoms with Gasteiger partial charge in [0.1, 0.15) is 0 Å². The van der Waals surface area contributed by atoms with E-state index >= 15 is 0 Å². The van der Waals surface area contributed by atoms with E-state index < -0.39 is 0 Å². The third-order valence-electron chi connectivity index (χ3n) is 3.99. The number of hydrogen-bond donors (Lipinski definition) is 1. The maximum atomic E-state index is 12.3. The number of aryl methyl sites for hydroxylation is 1. The number of carbonyl (C=O) groups is 1. The molecule has 6 heteroatoms. The van der Waals surface area contributed by atoms with E-state index in [9.17, 15) is 4.79 Å². The molecule has 1 heterocycles. The fraction of sp³-hybridized carbons (Fsp3) is 0.250. The highest BCUT2D eigenvalue weighted by molar-refractivity contribution is 6.30. The lowest BCUT2D eigenvalue weighted by atomic mass is 10.0. The molecule has 26 heavy (non-hydrogen) atoms. The molecule has 0 atom stereocenters. The van der Waals surface area contributed by atoms with Gasteiger partial charge in [0.2, 0.25) is 17.6 Å². The predicted octanol–water partition coefficient (Wildman–Crippen LogP) is 5.08. The second-order valence-electron chi connectivity index (χ2n) is 6.31. The fourth-order valence-corrected chi connectivity index (χ4v) is 2.75. The highest BCUT2D eigenvalue weighted by Crippen LogP contribution is 2.24. The average Bonchev–Trinajstić information content (AvgIpc) is 3.10. The summed E-state index contributed by atoms with van der Waals surface area (Å²) in [5.41, 5.74) is 2.78. The molecule has 0 radical (unpaired) electrons. The van der Waals surface area contributed by atoms with Crippen LogP contribution in [-0.2, 0) is 11.2 Å². The Bertz CT molecular complexity index is 888. The Morgan fingerprint density at radius 2 is 1.88 bits per heavy atom. The number of para-hydroxylation sites is 1. The summed E-state index contributed by atoms with van der Waals surface area (Å²) in [6.45, 7) is 4.20. The minimum absolute atomic E-state index is 0.0793. The molecule has 0 bridgehead atoms. The molecule has 5 nitrogen and oxygen atoms in total. The number of aromatic nitrogens is 2. The number of anilines is 1. The maximum Gasteiger partial charge on any atom is 0.227 e. The van der Waals surface area contributed by atoms with Crippen molar-refractivity contribution in [3.63, 3.8) is 0 Å². The van der Waals surface area contributed by atoms with Gasteiger partial charge >= 0.3 is 0 Å². The lowest BCUT2D eigenvalue weighted by Gasteiger charge is -2.13. The molecule has 134 valence electrons. The minimum Gasteiger partial charge on any atom is -0.339 e. The highest BCUT2D eigenvalue weighted by Gasteiger charge is 2.12. The van der Waals surface area contributed by atoms with Gasteiger partial charge in [0.15, 0.2) is 0 Å². The third kappa shape index (κ3) is 4.49. The molecule has 3 rings (SSSR count). The number of carbonyl (C=O) groups excluding carboxylic acids is 1. The van der Waals surface area contributed by atoms with Crippen LogP contribution in [0, 0.1) is 0 Å². The number of amides is 1. The van der Waals surface area contributed by atoms with Crippen LogP contribution in [-0.4, -0.2) is 16.0 Å². The number of benzene rings is 2. The molecule has 0 fully saturated rings. The normalized spacial score (nSPS) is 10.9. The molecule has 1 N–H and O–H groups in total. The van der Waals surface area contributed by atoms with Crippen LogP contribution in [0.1, 0.15) is 37.6 Å². The molecule has 0 aliphatic rings. The minimum atomic E-state index is -0.0793. The lowest BCUT2D eigenvalue weighted by molar-refractivity contribution is -0.116. The lowest BCUT2D eigenvalue weighted by Crippen LogP contribution is -2.14. The molecule has 1 amide bonds. The van der Waals surface area contributed by atoms with Gasteiger partial charge in [-0.25, -0.2) is 0 Å². The summed E-state index contributed by atoms with van der Waals surface area (Å²) < 4.78 is 5.24. The fourth-order valence-electron chi connectivity index (χ4n) is 2.62. The second-order valence-corrected chi connectivity index (χ2v) is 6.75. The van der Waals surface area contributed by atoms with Gasteiger partial charge in [-0.05, 0) is 41.8 Å². The van der Waals surface area contributed by atoms with Crippen LogP contribution < -0.4 is 5.32 Å². The van der Waals surface area contributed by atoms with Crippen LogP contribution in [0.25, 0.3) is 11.4 Å². The van der Waals surface area contributed by atoms with Crippen LogP contribution in [0.3, 0.4) is 0 Å². The van der Waals surface area contributed by atoms with Crippen LogP contribution in [0.2, 0.25) is 5.02 Å². The van der Waals surface area contributed by atoms with Crippen molar-refractivity contribution in [3.8, 4) is 11.4 Å². The van der Waals surface area contributed by atoms with Crippen LogP contribution in [0.15, 0.2) is 53.1 Å². The first-order chi connectivity index (χ1) is 12.5. The van der Waals surface area contributed by atoms with E-state index in [2.05, 4.69) is 29.3 Å². The Kier molecular flexibility index (Phi) is 5.68. The molecule has 1 aromatic heterocycles. The molecule has 2 aromatic carbocycles. The van der Waals surface area contributed by atoms with E-state index in [1.165, 1.54) is 0 Å². The maximum absolute atomic E-state index is 12.3. The van der Waals surface area contributed by atoms with E-state index in [1.807, 2.05) is 36.4 Å². The first-order valence-electron chi connectivity index (χ1n) is 8.50. The molecule has 0 aliphatic heterocycles. The summed E-state index contributed by atoms with van der Waals surface area (Å²) in [6, 6.07) is 15.0. The summed E-state index contributed by atoms with van der Waals surface area (Å²) in [6.07, 6.45) is 0.658. The first kappa shape index (κ1) is 18.1. The SMILES string of the molecule is CC(C)c1ccccc1NC(=O)CCc1nc(-c2ccc(Cl)cc2)no1. The van der Waals surface area contributed by atoms with Gasteiger partial charge in [-0.2, -0.15) is 4.98 Å². The largest absolute Gasteiger partial charge is 0.339 e. The number of nitrogens with one attached hydrogen (secondary N) is 1. The zero-order valence-corrected chi connectivity index (χ0v) is 15.5. The summed E-state index contributed by atoms with van der Waals surface area (Å²) in [4.78, 5) is 16.6. The van der Waals surface area contributed by atoms with Gasteiger partial charge in [-0.15, -0.1) is 0 Å². The van der Waals surface area contributed by atoms with Crippen molar-refractivity contribution in [2.45, 2.75) is 32.6 Å². The second kappa shape index (κ2) is 8.15. The number of rotatable bonds is 6. The highest BCUT2D eigenvalue weighted by atomic mass is 35.5. The van der Waals surface area contributed by atoms with E-state index in [1.54, 1.807) is 12.1 Å². The summed E-state index contributed by atoms with van der Waals surface area (Å²) in [5.74, 6) is 1.18. The Balaban J connectivity index is 1.59. The van der Waals surface area contributed by atoms with Gasteiger partial charge in [0, 0.05) is 29.1 Å². The van der Waals surface area contributed by atoms with Gasteiger partial charge < -0.3 is 9.84 Å². The van der Waals surface area contributed by atoms with Gasteiger partial charge in [-0.1, -0.05) is 48.8 Å². The van der Waals surface area contributed by atoms with Gasteiger partial charge in [0.05, 0.1) is 0 Å². The number of hydrogen-bond acceptors (Lipinski definition) is 4. The predicted molar refractivity (Wildman–Crippen MR) is 102 cm³/mol. The smallest absolute Gasteiger partial charge is 0.227 e. The Morgan fingerprint density at radius 1 is 1.15 bits per heavy atom. The number of nitrogens with zero attached hydrogens (tertiary/aromatic N) is 2. The van der Waals surface area contributed by atoms with Crippen molar-refractivity contribution < 1.29 is 9.32 Å². The molecular formula is C20H20ClN3O2. The summed E-state index contributed by atoms with van der Waals surface area (Å²) >= 11 is 5.88. The Morgan fingerprint density at radius 3 is 2.62 bits per heavy atom. The zero-order chi connectivity index (χ0) is 18.5. The van der Waals surface area contributed by atoms with E-state index in [0.717, 1.165) is 16.8 Å². The van der Waals surface area contributed by atoms with E-state index in [4.69, 9.17) is 16.1 Å².